The zero-order chi connectivity index (χ0) is 30.2. The summed E-state index contributed by atoms with van der Waals surface area (Å²) in [5.41, 5.74) is 0.553. The maximum absolute atomic E-state index is 14.9. The van der Waals surface area contributed by atoms with Crippen molar-refractivity contribution < 1.29 is 42.7 Å². The van der Waals surface area contributed by atoms with E-state index in [0.717, 1.165) is 0 Å². The van der Waals surface area contributed by atoms with E-state index < -0.39 is 77.7 Å². The van der Waals surface area contributed by atoms with Crippen LogP contribution in [0.3, 0.4) is 0 Å². The van der Waals surface area contributed by atoms with Crippen molar-refractivity contribution in [1.29, 1.82) is 0 Å². The first-order valence-electron chi connectivity index (χ1n) is 13.0. The lowest BCUT2D eigenvalue weighted by atomic mass is 9.94. The number of likely N-dealkylation sites (tertiary alicyclic amines) is 1. The second kappa shape index (κ2) is 13.9. The Labute approximate surface area is 231 Å². The molecule has 1 aromatic carbocycles. The number of hydrogen-bond acceptors (Lipinski definition) is 6. The van der Waals surface area contributed by atoms with Gasteiger partial charge in [0.15, 0.2) is 0 Å². The van der Waals surface area contributed by atoms with Crippen LogP contribution in [0, 0.1) is 11.8 Å². The zero-order valence-corrected chi connectivity index (χ0v) is 22.9. The minimum atomic E-state index is -4.43. The van der Waals surface area contributed by atoms with Crippen molar-refractivity contribution in [2.24, 2.45) is 11.8 Å². The van der Waals surface area contributed by atoms with Gasteiger partial charge in [-0.2, -0.15) is 8.78 Å². The summed E-state index contributed by atoms with van der Waals surface area (Å²) in [6.07, 6.45) is -0.264. The van der Waals surface area contributed by atoms with E-state index in [-0.39, 0.29) is 19.5 Å². The molecule has 11 nitrogen and oxygen atoms in total. The minimum Gasteiger partial charge on any atom is -0.481 e. The van der Waals surface area contributed by atoms with Gasteiger partial charge in [0.05, 0.1) is 6.04 Å². The van der Waals surface area contributed by atoms with Gasteiger partial charge < -0.3 is 26.0 Å². The molecule has 4 amide bonds. The lowest BCUT2D eigenvalue weighted by Crippen LogP contribution is -2.60. The number of hydrogen-bond donors (Lipinski definition) is 4. The number of carboxylic acid groups (broad SMARTS) is 1. The van der Waals surface area contributed by atoms with E-state index in [1.807, 2.05) is 5.32 Å². The number of Topliss-reactive ketones (excluding diaryl/α,β-unsaturated/α-hetero) is 1. The van der Waals surface area contributed by atoms with E-state index in [1.165, 1.54) is 18.7 Å². The van der Waals surface area contributed by atoms with Gasteiger partial charge in [-0.15, -0.1) is 0 Å². The Kier molecular flexibility index (Phi) is 11.3. The van der Waals surface area contributed by atoms with Gasteiger partial charge in [0.1, 0.15) is 18.5 Å². The summed E-state index contributed by atoms with van der Waals surface area (Å²) in [7, 11) is 0. The largest absolute Gasteiger partial charge is 0.481 e. The van der Waals surface area contributed by atoms with Gasteiger partial charge in [0, 0.05) is 13.1 Å². The Bertz CT molecular complexity index is 1110. The molecule has 13 heteroatoms. The van der Waals surface area contributed by atoms with Crippen LogP contribution in [0.4, 0.5) is 8.78 Å². The standard InChI is InChI=1S/C27H36F2N4O7/c1-15(2)21(23(37)27(28,29)26(40)30-14-17-9-6-5-7-10-17)32-24(38)18-11-8-12-33(18)25(39)22(16(3)4)31-19(34)13-20(35)36/h5-7,9-10,15-16,18,21-22H,8,11-14H2,1-4H3,(H,30,40)(H,31,34)(H,32,38)(H,35,36)/t18?,21-,22-/m0/s1. The van der Waals surface area contributed by atoms with Gasteiger partial charge >= 0.3 is 11.9 Å². The van der Waals surface area contributed by atoms with Gasteiger partial charge in [-0.25, -0.2) is 0 Å². The molecule has 0 radical (unpaired) electrons. The second-order valence-electron chi connectivity index (χ2n) is 10.4. The van der Waals surface area contributed by atoms with Crippen LogP contribution in [0.1, 0.15) is 52.5 Å². The van der Waals surface area contributed by atoms with E-state index in [2.05, 4.69) is 10.6 Å². The Balaban J connectivity index is 2.14. The van der Waals surface area contributed by atoms with Gasteiger partial charge in [-0.1, -0.05) is 58.0 Å². The van der Waals surface area contributed by atoms with Crippen LogP contribution in [0.25, 0.3) is 0 Å². The summed E-state index contributed by atoms with van der Waals surface area (Å²) < 4.78 is 29.8. The van der Waals surface area contributed by atoms with Crippen LogP contribution >= 0.6 is 0 Å². The number of carboxylic acids is 1. The third kappa shape index (κ3) is 8.30. The fourth-order valence-corrected chi connectivity index (χ4v) is 4.34. The number of nitrogens with zero attached hydrogens (tertiary/aromatic N) is 1. The van der Waals surface area contributed by atoms with Crippen molar-refractivity contribution >= 4 is 35.4 Å². The number of ketones is 1. The predicted octanol–water partition coefficient (Wildman–Crippen LogP) is 1.25. The number of carbonyl (C=O) groups excluding carboxylic acids is 5. The molecular weight excluding hydrogens is 530 g/mol. The summed E-state index contributed by atoms with van der Waals surface area (Å²) in [6.45, 7) is 6.05. The van der Waals surface area contributed by atoms with Crippen LogP contribution in [-0.4, -0.2) is 76.0 Å². The van der Waals surface area contributed by atoms with Crippen LogP contribution in [0.5, 0.6) is 0 Å². The summed E-state index contributed by atoms with van der Waals surface area (Å²) in [5, 5.41) is 15.6. The van der Waals surface area contributed by atoms with Crippen molar-refractivity contribution in [3.05, 3.63) is 35.9 Å². The first-order valence-corrected chi connectivity index (χ1v) is 13.0. The fraction of sp³-hybridized carbons (Fsp3) is 0.556. The Morgan fingerprint density at radius 1 is 0.975 bits per heavy atom. The molecule has 0 saturated carbocycles. The Hall–Kier alpha value is -3.90. The fourth-order valence-electron chi connectivity index (χ4n) is 4.34. The number of halogens is 2. The molecule has 0 bridgehead atoms. The van der Waals surface area contributed by atoms with Crippen LogP contribution in [-0.2, 0) is 35.3 Å². The number of alkyl halides is 2. The quantitative estimate of drug-likeness (QED) is 0.261. The molecule has 0 aromatic heterocycles. The molecule has 0 aliphatic carbocycles. The summed E-state index contributed by atoms with van der Waals surface area (Å²) >= 11 is 0. The van der Waals surface area contributed by atoms with Crippen molar-refractivity contribution in [1.82, 2.24) is 20.9 Å². The number of amides is 4. The van der Waals surface area contributed by atoms with Crippen LogP contribution in [0.15, 0.2) is 30.3 Å². The monoisotopic (exact) mass is 566 g/mol. The average Bonchev–Trinajstić information content (AvgIpc) is 3.38. The van der Waals surface area contributed by atoms with E-state index in [4.69, 9.17) is 5.11 Å². The van der Waals surface area contributed by atoms with E-state index in [0.29, 0.717) is 12.0 Å². The third-order valence-electron chi connectivity index (χ3n) is 6.54. The molecule has 1 aliphatic heterocycles. The highest BCUT2D eigenvalue weighted by molar-refractivity contribution is 6.10. The van der Waals surface area contributed by atoms with Gasteiger partial charge in [0.25, 0.3) is 5.91 Å². The molecule has 3 atom stereocenters. The summed E-state index contributed by atoms with van der Waals surface area (Å²) in [5.74, 6) is -13.0. The molecule has 1 unspecified atom stereocenters. The highest BCUT2D eigenvalue weighted by Gasteiger charge is 2.51. The van der Waals surface area contributed by atoms with E-state index >= 15 is 0 Å². The molecule has 1 fully saturated rings. The van der Waals surface area contributed by atoms with Crippen LogP contribution in [0.2, 0.25) is 0 Å². The predicted molar refractivity (Wildman–Crippen MR) is 139 cm³/mol. The topological polar surface area (TPSA) is 162 Å². The van der Waals surface area contributed by atoms with E-state index in [1.54, 1.807) is 44.2 Å². The number of carbonyl (C=O) groups is 6. The number of rotatable bonds is 13. The molecule has 1 aromatic rings. The molecule has 220 valence electrons. The molecule has 4 N–H and O–H groups in total. The third-order valence-corrected chi connectivity index (χ3v) is 6.54. The first-order chi connectivity index (χ1) is 18.7. The van der Waals surface area contributed by atoms with Crippen molar-refractivity contribution in [3.63, 3.8) is 0 Å². The molecule has 1 aliphatic rings. The molecule has 1 saturated heterocycles. The molecule has 1 heterocycles. The summed E-state index contributed by atoms with van der Waals surface area (Å²) in [4.78, 5) is 75.6. The van der Waals surface area contributed by atoms with Gasteiger partial charge in [0.2, 0.25) is 23.5 Å². The van der Waals surface area contributed by atoms with Crippen LogP contribution < -0.4 is 16.0 Å². The number of benzene rings is 1. The minimum absolute atomic E-state index is 0.132. The smallest absolute Gasteiger partial charge is 0.383 e. The van der Waals surface area contributed by atoms with Crippen molar-refractivity contribution in [2.45, 2.75) is 77.6 Å². The van der Waals surface area contributed by atoms with E-state index in [9.17, 15) is 37.5 Å². The Morgan fingerprint density at radius 2 is 1.57 bits per heavy atom. The maximum atomic E-state index is 14.9. The maximum Gasteiger partial charge on any atom is 0.383 e. The highest BCUT2D eigenvalue weighted by atomic mass is 19.3. The van der Waals surface area contributed by atoms with Crippen molar-refractivity contribution in [2.75, 3.05) is 6.54 Å². The normalized spacial score (nSPS) is 16.8. The molecular formula is C27H36F2N4O7. The number of nitrogens with one attached hydrogen (secondary N) is 3. The Morgan fingerprint density at radius 3 is 2.12 bits per heavy atom. The van der Waals surface area contributed by atoms with Gasteiger partial charge in [-0.05, 0) is 30.2 Å². The zero-order valence-electron chi connectivity index (χ0n) is 22.9. The lowest BCUT2D eigenvalue weighted by Gasteiger charge is -2.32. The molecule has 0 spiro atoms. The lowest BCUT2D eigenvalue weighted by molar-refractivity contribution is -0.161. The van der Waals surface area contributed by atoms with Crippen molar-refractivity contribution in [3.8, 4) is 0 Å². The van der Waals surface area contributed by atoms with Gasteiger partial charge in [-0.3, -0.25) is 28.8 Å². The number of aliphatic carboxylic acids is 1. The molecule has 40 heavy (non-hydrogen) atoms. The highest BCUT2D eigenvalue weighted by Crippen LogP contribution is 2.24. The SMILES string of the molecule is CC(C)[C@H](NC(=O)CC(=O)O)C(=O)N1CCCC1C(=O)N[C@H](C(=O)C(F)(F)C(=O)NCc1ccccc1)C(C)C. The average molecular weight is 567 g/mol. The second-order valence-corrected chi connectivity index (χ2v) is 10.4. The first kappa shape index (κ1) is 32.3. The summed E-state index contributed by atoms with van der Waals surface area (Å²) in [6, 6.07) is 4.33. The molecule has 2 rings (SSSR count).